The van der Waals surface area contributed by atoms with Gasteiger partial charge in [-0.3, -0.25) is 4.79 Å². The number of aliphatic carboxylic acids is 2. The number of carboxylic acid groups (broad SMARTS) is 2. The molecule has 0 aliphatic carbocycles. The summed E-state index contributed by atoms with van der Waals surface area (Å²) in [4.78, 5) is 23.6. The maximum Gasteiger partial charge on any atom is 0.326 e. The van der Waals surface area contributed by atoms with Crippen LogP contribution >= 0.6 is 11.8 Å². The zero-order chi connectivity index (χ0) is 16.8. The molecule has 4 rings (SSSR count). The van der Waals surface area contributed by atoms with Crippen molar-refractivity contribution >= 4 is 29.4 Å². The zero-order valence-electron chi connectivity index (χ0n) is 12.7. The molecule has 122 valence electrons. The number of rotatable bonds is 3. The SMILES string of the molecule is O=C(O)C1Cc2c(cccc2-c2cccc3c2SC(C(=O)O)C3)N1. The van der Waals surface area contributed by atoms with Gasteiger partial charge in [0.15, 0.2) is 0 Å². The lowest BCUT2D eigenvalue weighted by atomic mass is 9.94. The molecular weight excluding hydrogens is 326 g/mol. The lowest BCUT2D eigenvalue weighted by Crippen LogP contribution is -2.26. The lowest BCUT2D eigenvalue weighted by Gasteiger charge is -2.12. The summed E-state index contributed by atoms with van der Waals surface area (Å²) in [5.74, 6) is -1.66. The second-order valence-electron chi connectivity index (χ2n) is 6.01. The Kier molecular flexibility index (Phi) is 3.49. The molecule has 2 unspecified atom stereocenters. The third-order valence-electron chi connectivity index (χ3n) is 4.54. The van der Waals surface area contributed by atoms with E-state index >= 15 is 0 Å². The number of hydrogen-bond donors (Lipinski definition) is 3. The smallest absolute Gasteiger partial charge is 0.326 e. The van der Waals surface area contributed by atoms with Crippen molar-refractivity contribution in [2.24, 2.45) is 0 Å². The molecule has 0 bridgehead atoms. The maximum atomic E-state index is 11.3. The normalized spacial score (nSPS) is 21.0. The maximum absolute atomic E-state index is 11.3. The first-order valence-electron chi connectivity index (χ1n) is 7.67. The number of fused-ring (bicyclic) bond motifs is 2. The first kappa shape index (κ1) is 15.1. The lowest BCUT2D eigenvalue weighted by molar-refractivity contribution is -0.138. The quantitative estimate of drug-likeness (QED) is 0.796. The van der Waals surface area contributed by atoms with Crippen LogP contribution in [0.15, 0.2) is 41.3 Å². The average Bonchev–Trinajstić information content (AvgIpc) is 3.18. The summed E-state index contributed by atoms with van der Waals surface area (Å²) >= 11 is 1.38. The van der Waals surface area contributed by atoms with Gasteiger partial charge in [-0.2, -0.15) is 0 Å². The minimum Gasteiger partial charge on any atom is -0.480 e. The van der Waals surface area contributed by atoms with Crippen LogP contribution in [0.5, 0.6) is 0 Å². The Morgan fingerprint density at radius 1 is 1.00 bits per heavy atom. The van der Waals surface area contributed by atoms with Gasteiger partial charge in [-0.1, -0.05) is 30.3 Å². The van der Waals surface area contributed by atoms with Crippen LogP contribution in [0.4, 0.5) is 5.69 Å². The third kappa shape index (κ3) is 2.34. The standard InChI is InChI=1S/C18H15NO4S/c20-17(21)14-8-12-10(4-2-6-13(12)19-14)11-5-1-3-9-7-15(18(22)23)24-16(9)11/h1-6,14-15,19H,7-8H2,(H,20,21)(H,22,23). The van der Waals surface area contributed by atoms with Gasteiger partial charge < -0.3 is 15.5 Å². The number of anilines is 1. The van der Waals surface area contributed by atoms with E-state index in [0.29, 0.717) is 12.8 Å². The molecule has 5 nitrogen and oxygen atoms in total. The van der Waals surface area contributed by atoms with Crippen molar-refractivity contribution in [1.29, 1.82) is 0 Å². The highest BCUT2D eigenvalue weighted by atomic mass is 32.2. The fourth-order valence-corrected chi connectivity index (χ4v) is 4.66. The summed E-state index contributed by atoms with van der Waals surface area (Å²) in [6, 6.07) is 11.1. The molecule has 6 heteroatoms. The van der Waals surface area contributed by atoms with Crippen LogP contribution in [0.1, 0.15) is 11.1 Å². The second kappa shape index (κ2) is 5.56. The van der Waals surface area contributed by atoms with Gasteiger partial charge in [0.05, 0.1) is 0 Å². The van der Waals surface area contributed by atoms with Crippen LogP contribution < -0.4 is 5.32 Å². The Morgan fingerprint density at radius 3 is 2.50 bits per heavy atom. The summed E-state index contributed by atoms with van der Waals surface area (Å²) in [5, 5.41) is 21.1. The number of thioether (sulfide) groups is 1. The number of hydrogen-bond acceptors (Lipinski definition) is 4. The molecule has 2 aliphatic rings. The van der Waals surface area contributed by atoms with E-state index in [1.165, 1.54) is 11.8 Å². The first-order valence-corrected chi connectivity index (χ1v) is 8.55. The highest BCUT2D eigenvalue weighted by molar-refractivity contribution is 8.01. The van der Waals surface area contributed by atoms with Gasteiger partial charge in [0, 0.05) is 17.0 Å². The van der Waals surface area contributed by atoms with Crippen molar-refractivity contribution in [1.82, 2.24) is 0 Å². The van der Waals surface area contributed by atoms with Gasteiger partial charge in [-0.05, 0) is 34.7 Å². The molecule has 0 aromatic heterocycles. The molecule has 0 fully saturated rings. The second-order valence-corrected chi connectivity index (χ2v) is 7.23. The van der Waals surface area contributed by atoms with E-state index in [4.69, 9.17) is 0 Å². The minimum absolute atomic E-state index is 0.428. The monoisotopic (exact) mass is 341 g/mol. The van der Waals surface area contributed by atoms with Crippen LogP contribution in [0, 0.1) is 0 Å². The van der Waals surface area contributed by atoms with Gasteiger partial charge in [0.1, 0.15) is 11.3 Å². The number of carbonyl (C=O) groups is 2. The first-order chi connectivity index (χ1) is 11.5. The van der Waals surface area contributed by atoms with Crippen LogP contribution in [0.25, 0.3) is 11.1 Å². The number of nitrogens with one attached hydrogen (secondary N) is 1. The Hall–Kier alpha value is -2.47. The van der Waals surface area contributed by atoms with Crippen molar-refractivity contribution in [2.75, 3.05) is 5.32 Å². The van der Waals surface area contributed by atoms with Gasteiger partial charge in [0.2, 0.25) is 0 Å². The molecule has 0 radical (unpaired) electrons. The minimum atomic E-state index is -0.865. The van der Waals surface area contributed by atoms with Gasteiger partial charge in [-0.25, -0.2) is 4.79 Å². The largest absolute Gasteiger partial charge is 0.480 e. The molecule has 0 saturated heterocycles. The Labute approximate surface area is 142 Å². The molecule has 0 spiro atoms. The van der Waals surface area contributed by atoms with Crippen LogP contribution in [-0.4, -0.2) is 33.4 Å². The van der Waals surface area contributed by atoms with Crippen molar-refractivity contribution in [3.05, 3.63) is 47.5 Å². The molecule has 2 aromatic rings. The molecule has 2 heterocycles. The van der Waals surface area contributed by atoms with Gasteiger partial charge in [0.25, 0.3) is 0 Å². The summed E-state index contributed by atoms with van der Waals surface area (Å²) in [6.07, 6.45) is 0.950. The number of carboxylic acids is 2. The topological polar surface area (TPSA) is 86.6 Å². The molecule has 2 atom stereocenters. The molecule has 2 aliphatic heterocycles. The predicted octanol–water partition coefficient (Wildman–Crippen LogP) is 2.88. The summed E-state index contributed by atoms with van der Waals surface area (Å²) in [7, 11) is 0. The van der Waals surface area contributed by atoms with Crippen LogP contribution in [-0.2, 0) is 22.4 Å². The van der Waals surface area contributed by atoms with Crippen molar-refractivity contribution < 1.29 is 19.8 Å². The van der Waals surface area contributed by atoms with E-state index in [2.05, 4.69) is 5.32 Å². The highest BCUT2D eigenvalue weighted by Gasteiger charge is 2.32. The predicted molar refractivity (Wildman–Crippen MR) is 91.6 cm³/mol. The molecule has 0 saturated carbocycles. The Bertz CT molecular complexity index is 793. The van der Waals surface area contributed by atoms with E-state index in [1.54, 1.807) is 0 Å². The van der Waals surface area contributed by atoms with Crippen LogP contribution in [0.2, 0.25) is 0 Å². The van der Waals surface area contributed by atoms with E-state index in [9.17, 15) is 19.8 Å². The molecule has 24 heavy (non-hydrogen) atoms. The Morgan fingerprint density at radius 2 is 1.75 bits per heavy atom. The van der Waals surface area contributed by atoms with Crippen molar-refractivity contribution in [3.8, 4) is 11.1 Å². The summed E-state index contributed by atoms with van der Waals surface area (Å²) in [5.41, 5.74) is 4.85. The third-order valence-corrected chi connectivity index (χ3v) is 5.91. The van der Waals surface area contributed by atoms with E-state index in [1.807, 2.05) is 36.4 Å². The highest BCUT2D eigenvalue weighted by Crippen LogP contribution is 2.46. The average molecular weight is 341 g/mol. The Balaban J connectivity index is 1.79. The molecule has 2 aromatic carbocycles. The van der Waals surface area contributed by atoms with E-state index in [-0.39, 0.29) is 0 Å². The van der Waals surface area contributed by atoms with E-state index < -0.39 is 23.2 Å². The number of benzene rings is 2. The summed E-state index contributed by atoms with van der Waals surface area (Å²) in [6.45, 7) is 0. The van der Waals surface area contributed by atoms with E-state index in [0.717, 1.165) is 32.8 Å². The van der Waals surface area contributed by atoms with Crippen LogP contribution in [0.3, 0.4) is 0 Å². The summed E-state index contributed by atoms with van der Waals surface area (Å²) < 4.78 is 0. The fraction of sp³-hybridized carbons (Fsp3) is 0.222. The fourth-order valence-electron chi connectivity index (χ4n) is 3.40. The van der Waals surface area contributed by atoms with Crippen molar-refractivity contribution in [2.45, 2.75) is 29.0 Å². The molecule has 0 amide bonds. The molecule has 3 N–H and O–H groups in total. The van der Waals surface area contributed by atoms with Crippen molar-refractivity contribution in [3.63, 3.8) is 0 Å². The van der Waals surface area contributed by atoms with Gasteiger partial charge in [-0.15, -0.1) is 11.8 Å². The van der Waals surface area contributed by atoms with Gasteiger partial charge >= 0.3 is 11.9 Å². The molecular formula is C18H15NO4S. The zero-order valence-corrected chi connectivity index (χ0v) is 13.5.